The second-order valence-electron chi connectivity index (χ2n) is 9.00. The Morgan fingerprint density at radius 2 is 1.88 bits per heavy atom. The minimum atomic E-state index is -0.232. The van der Waals surface area contributed by atoms with E-state index in [-0.39, 0.29) is 23.7 Å². The molecular weight excluding hydrogens is 400 g/mol. The molecule has 3 aromatic rings. The zero-order valence-corrected chi connectivity index (χ0v) is 18.3. The van der Waals surface area contributed by atoms with Crippen molar-refractivity contribution < 1.29 is 9.59 Å². The Bertz CT molecular complexity index is 1110. The summed E-state index contributed by atoms with van der Waals surface area (Å²) in [6.45, 7) is 1.88. The van der Waals surface area contributed by atoms with Gasteiger partial charge in [-0.1, -0.05) is 37.1 Å². The van der Waals surface area contributed by atoms with Gasteiger partial charge in [0.2, 0.25) is 11.8 Å². The molecular formula is C26H30N4O2. The van der Waals surface area contributed by atoms with Crippen LogP contribution in [0.25, 0.3) is 10.9 Å². The molecule has 1 fully saturated rings. The number of H-pyrrole nitrogens is 1. The van der Waals surface area contributed by atoms with Gasteiger partial charge in [0.05, 0.1) is 6.54 Å². The SMILES string of the molecule is O=C(NCCc1ccccn1)C1CCCCC1C(=O)N1CCc2c([nH]c3ccccc23)C1. The molecule has 6 nitrogen and oxygen atoms in total. The molecule has 166 valence electrons. The number of para-hydroxylation sites is 1. The first-order valence-electron chi connectivity index (χ1n) is 11.8. The molecule has 1 aliphatic carbocycles. The number of aromatic nitrogens is 2. The third-order valence-corrected chi connectivity index (χ3v) is 7.02. The van der Waals surface area contributed by atoms with Gasteiger partial charge in [-0.25, -0.2) is 0 Å². The Hall–Kier alpha value is -3.15. The number of pyridine rings is 1. The van der Waals surface area contributed by atoms with E-state index >= 15 is 0 Å². The van der Waals surface area contributed by atoms with E-state index < -0.39 is 0 Å². The van der Waals surface area contributed by atoms with Crippen LogP contribution in [0.15, 0.2) is 48.7 Å². The number of benzene rings is 1. The van der Waals surface area contributed by atoms with Crippen molar-refractivity contribution >= 4 is 22.7 Å². The van der Waals surface area contributed by atoms with Crippen LogP contribution < -0.4 is 5.32 Å². The largest absolute Gasteiger partial charge is 0.357 e. The first-order chi connectivity index (χ1) is 15.7. The Kier molecular flexibility index (Phi) is 5.93. The number of amides is 2. The number of hydrogen-bond acceptors (Lipinski definition) is 3. The molecule has 1 saturated carbocycles. The molecule has 2 amide bonds. The van der Waals surface area contributed by atoms with Crippen LogP contribution in [-0.2, 0) is 29.0 Å². The summed E-state index contributed by atoms with van der Waals surface area (Å²) >= 11 is 0. The molecule has 3 heterocycles. The lowest BCUT2D eigenvalue weighted by Crippen LogP contribution is -2.47. The van der Waals surface area contributed by atoms with Crippen LogP contribution in [0.4, 0.5) is 0 Å². The average molecular weight is 431 g/mol. The van der Waals surface area contributed by atoms with E-state index in [4.69, 9.17) is 0 Å². The fourth-order valence-electron chi connectivity index (χ4n) is 5.35. The molecule has 2 atom stereocenters. The van der Waals surface area contributed by atoms with Crippen molar-refractivity contribution in [3.63, 3.8) is 0 Å². The zero-order chi connectivity index (χ0) is 21.9. The average Bonchev–Trinajstić information content (AvgIpc) is 3.22. The number of carbonyl (C=O) groups excluding carboxylic acids is 2. The van der Waals surface area contributed by atoms with Crippen LogP contribution in [0.2, 0.25) is 0 Å². The third-order valence-electron chi connectivity index (χ3n) is 7.02. The molecule has 1 aromatic carbocycles. The topological polar surface area (TPSA) is 78.1 Å². The summed E-state index contributed by atoms with van der Waals surface area (Å²) < 4.78 is 0. The third kappa shape index (κ3) is 4.14. The van der Waals surface area contributed by atoms with Crippen LogP contribution in [-0.4, -0.2) is 39.8 Å². The van der Waals surface area contributed by atoms with Crippen LogP contribution >= 0.6 is 0 Å². The van der Waals surface area contributed by atoms with E-state index in [0.717, 1.165) is 55.6 Å². The second kappa shape index (κ2) is 9.15. The minimum absolute atomic E-state index is 0.0160. The first kappa shape index (κ1) is 20.7. The van der Waals surface area contributed by atoms with Crippen molar-refractivity contribution in [2.45, 2.75) is 45.1 Å². The molecule has 2 unspecified atom stereocenters. The highest BCUT2D eigenvalue weighted by molar-refractivity contribution is 5.89. The van der Waals surface area contributed by atoms with Gasteiger partial charge < -0.3 is 15.2 Å². The smallest absolute Gasteiger partial charge is 0.226 e. The number of aromatic amines is 1. The normalized spacial score (nSPS) is 20.7. The lowest BCUT2D eigenvalue weighted by molar-refractivity contribution is -0.144. The predicted molar refractivity (Wildman–Crippen MR) is 124 cm³/mol. The highest BCUT2D eigenvalue weighted by Crippen LogP contribution is 2.34. The zero-order valence-electron chi connectivity index (χ0n) is 18.3. The molecule has 2 aliphatic rings. The molecule has 6 heteroatoms. The van der Waals surface area contributed by atoms with E-state index in [0.29, 0.717) is 19.5 Å². The van der Waals surface area contributed by atoms with Gasteiger partial charge >= 0.3 is 0 Å². The summed E-state index contributed by atoms with van der Waals surface area (Å²) in [7, 11) is 0. The van der Waals surface area contributed by atoms with Gasteiger partial charge in [-0.05, 0) is 43.0 Å². The highest BCUT2D eigenvalue weighted by atomic mass is 16.2. The minimum Gasteiger partial charge on any atom is -0.357 e. The molecule has 2 N–H and O–H groups in total. The number of carbonyl (C=O) groups is 2. The van der Waals surface area contributed by atoms with Gasteiger partial charge in [-0.2, -0.15) is 0 Å². The van der Waals surface area contributed by atoms with Gasteiger partial charge in [0.1, 0.15) is 0 Å². The Morgan fingerprint density at radius 1 is 1.06 bits per heavy atom. The molecule has 0 bridgehead atoms. The lowest BCUT2D eigenvalue weighted by Gasteiger charge is -2.35. The maximum absolute atomic E-state index is 13.5. The van der Waals surface area contributed by atoms with Crippen molar-refractivity contribution in [3.8, 4) is 0 Å². The van der Waals surface area contributed by atoms with Crippen LogP contribution in [0, 0.1) is 11.8 Å². The van der Waals surface area contributed by atoms with Crippen molar-refractivity contribution in [3.05, 3.63) is 65.6 Å². The molecule has 32 heavy (non-hydrogen) atoms. The van der Waals surface area contributed by atoms with E-state index in [1.807, 2.05) is 29.2 Å². The Balaban J connectivity index is 1.24. The second-order valence-corrected chi connectivity index (χ2v) is 9.00. The summed E-state index contributed by atoms with van der Waals surface area (Å²) in [6.07, 6.45) is 6.94. The monoisotopic (exact) mass is 430 g/mol. The number of nitrogens with one attached hydrogen (secondary N) is 2. The van der Waals surface area contributed by atoms with Gasteiger partial charge in [0.15, 0.2) is 0 Å². The fourth-order valence-corrected chi connectivity index (χ4v) is 5.35. The molecule has 5 rings (SSSR count). The first-order valence-corrected chi connectivity index (χ1v) is 11.8. The van der Waals surface area contributed by atoms with Gasteiger partial charge in [-0.15, -0.1) is 0 Å². The maximum Gasteiger partial charge on any atom is 0.226 e. The molecule has 0 radical (unpaired) electrons. The predicted octanol–water partition coefficient (Wildman–Crippen LogP) is 3.61. The van der Waals surface area contributed by atoms with Crippen molar-refractivity contribution in [1.82, 2.24) is 20.2 Å². The standard InChI is InChI=1S/C26H30N4O2/c31-25(28-15-12-18-7-5-6-14-27-18)21-9-1-2-10-22(21)26(32)30-16-13-20-19-8-3-4-11-23(19)29-24(20)17-30/h3-8,11,14,21-22,29H,1-2,9-10,12-13,15-17H2,(H,28,31). The maximum atomic E-state index is 13.5. The molecule has 0 spiro atoms. The van der Waals surface area contributed by atoms with Gasteiger partial charge in [0, 0.05) is 59.8 Å². The summed E-state index contributed by atoms with van der Waals surface area (Å²) in [6, 6.07) is 14.1. The van der Waals surface area contributed by atoms with E-state index in [2.05, 4.69) is 33.5 Å². The fraction of sp³-hybridized carbons (Fsp3) is 0.423. The number of fused-ring (bicyclic) bond motifs is 3. The van der Waals surface area contributed by atoms with Crippen LogP contribution in [0.3, 0.4) is 0 Å². The van der Waals surface area contributed by atoms with Crippen LogP contribution in [0.1, 0.15) is 42.6 Å². The van der Waals surface area contributed by atoms with Gasteiger partial charge in [-0.3, -0.25) is 14.6 Å². The van der Waals surface area contributed by atoms with E-state index in [9.17, 15) is 9.59 Å². The summed E-state index contributed by atoms with van der Waals surface area (Å²) in [5.74, 6) is -0.296. The quantitative estimate of drug-likeness (QED) is 0.649. The number of hydrogen-bond donors (Lipinski definition) is 2. The summed E-state index contributed by atoms with van der Waals surface area (Å²) in [5.41, 5.74) is 4.57. The Morgan fingerprint density at radius 3 is 2.72 bits per heavy atom. The van der Waals surface area contributed by atoms with Gasteiger partial charge in [0.25, 0.3) is 0 Å². The summed E-state index contributed by atoms with van der Waals surface area (Å²) in [4.78, 5) is 36.3. The lowest BCUT2D eigenvalue weighted by atomic mass is 9.77. The van der Waals surface area contributed by atoms with Crippen molar-refractivity contribution in [2.24, 2.45) is 11.8 Å². The highest BCUT2D eigenvalue weighted by Gasteiger charge is 2.38. The molecule has 1 aliphatic heterocycles. The number of rotatable bonds is 5. The molecule has 2 aromatic heterocycles. The van der Waals surface area contributed by atoms with E-state index in [1.165, 1.54) is 10.9 Å². The summed E-state index contributed by atoms with van der Waals surface area (Å²) in [5, 5.41) is 4.33. The van der Waals surface area contributed by atoms with Crippen molar-refractivity contribution in [2.75, 3.05) is 13.1 Å². The Labute approximate surface area is 188 Å². The van der Waals surface area contributed by atoms with E-state index in [1.54, 1.807) is 6.20 Å². The van der Waals surface area contributed by atoms with Crippen LogP contribution in [0.5, 0.6) is 0 Å². The number of nitrogens with zero attached hydrogens (tertiary/aromatic N) is 2. The van der Waals surface area contributed by atoms with Crippen molar-refractivity contribution in [1.29, 1.82) is 0 Å². The molecule has 0 saturated heterocycles.